The number of methoxy groups -OCH3 is 1. The summed E-state index contributed by atoms with van der Waals surface area (Å²) in [5.74, 6) is -0.706. The Morgan fingerprint density at radius 2 is 1.50 bits per heavy atom. The van der Waals surface area contributed by atoms with E-state index in [1.54, 1.807) is 52.1 Å². The maximum Gasteiger partial charge on any atom is 0.347 e. The summed E-state index contributed by atoms with van der Waals surface area (Å²) >= 11 is 0. The molecular formula is C16H21NO5. The van der Waals surface area contributed by atoms with Gasteiger partial charge in [0.15, 0.2) is 5.57 Å². The van der Waals surface area contributed by atoms with Gasteiger partial charge in [0.2, 0.25) is 0 Å². The Balaban J connectivity index is 3.03. The maximum atomic E-state index is 12.0. The summed E-state index contributed by atoms with van der Waals surface area (Å²) in [6.45, 7) is 5.32. The van der Waals surface area contributed by atoms with Crippen LogP contribution in [0.4, 0.5) is 5.69 Å². The van der Waals surface area contributed by atoms with Gasteiger partial charge in [-0.1, -0.05) is 0 Å². The number of anilines is 1. The van der Waals surface area contributed by atoms with Crippen LogP contribution in [0.3, 0.4) is 0 Å². The molecule has 1 N–H and O–H groups in total. The third-order valence-electron chi connectivity index (χ3n) is 2.76. The van der Waals surface area contributed by atoms with Crippen molar-refractivity contribution in [2.75, 3.05) is 25.6 Å². The number of nitrogens with one attached hydrogen (secondary N) is 1. The Labute approximate surface area is 130 Å². The van der Waals surface area contributed by atoms with E-state index in [1.807, 2.05) is 0 Å². The number of ether oxygens (including phenoxy) is 3. The molecule has 1 aromatic rings. The van der Waals surface area contributed by atoms with E-state index in [0.717, 1.165) is 0 Å². The van der Waals surface area contributed by atoms with Crippen molar-refractivity contribution in [2.45, 2.75) is 20.8 Å². The fraction of sp³-hybridized carbons (Fsp3) is 0.375. The highest BCUT2D eigenvalue weighted by Gasteiger charge is 2.24. The van der Waals surface area contributed by atoms with Crippen molar-refractivity contribution < 1.29 is 23.8 Å². The molecule has 0 atom stereocenters. The standard InChI is InChI=1S/C16H21NO5/c1-5-21-15(18)14(16(19)22-6-2)11(3)17-12-7-9-13(20-4)10-8-12/h7-10,17H,5-6H2,1-4H3. The minimum Gasteiger partial charge on any atom is -0.497 e. The van der Waals surface area contributed by atoms with Crippen LogP contribution < -0.4 is 10.1 Å². The highest BCUT2D eigenvalue weighted by molar-refractivity contribution is 6.15. The molecule has 1 rings (SSSR count). The van der Waals surface area contributed by atoms with Gasteiger partial charge in [0.05, 0.1) is 20.3 Å². The molecule has 0 aliphatic carbocycles. The lowest BCUT2D eigenvalue weighted by Crippen LogP contribution is -2.22. The molecule has 0 aliphatic heterocycles. The van der Waals surface area contributed by atoms with E-state index >= 15 is 0 Å². The van der Waals surface area contributed by atoms with Crippen LogP contribution in [-0.4, -0.2) is 32.3 Å². The second-order valence-corrected chi connectivity index (χ2v) is 4.29. The highest BCUT2D eigenvalue weighted by atomic mass is 16.6. The van der Waals surface area contributed by atoms with Crippen molar-refractivity contribution in [3.05, 3.63) is 35.5 Å². The van der Waals surface area contributed by atoms with Crippen LogP contribution in [0.15, 0.2) is 35.5 Å². The van der Waals surface area contributed by atoms with Crippen molar-refractivity contribution in [3.8, 4) is 5.75 Å². The number of hydrogen-bond donors (Lipinski definition) is 1. The molecule has 0 bridgehead atoms. The first kappa shape index (κ1) is 17.6. The predicted molar refractivity (Wildman–Crippen MR) is 82.6 cm³/mol. The van der Waals surface area contributed by atoms with Crippen LogP contribution in [0, 0.1) is 0 Å². The molecule has 6 heteroatoms. The fourth-order valence-electron chi connectivity index (χ4n) is 1.75. The monoisotopic (exact) mass is 307 g/mol. The van der Waals surface area contributed by atoms with Crippen LogP contribution in [0.1, 0.15) is 20.8 Å². The zero-order valence-corrected chi connectivity index (χ0v) is 13.3. The lowest BCUT2D eigenvalue weighted by molar-refractivity contribution is -0.146. The topological polar surface area (TPSA) is 73.9 Å². The number of benzene rings is 1. The van der Waals surface area contributed by atoms with Crippen LogP contribution in [0.25, 0.3) is 0 Å². The Morgan fingerprint density at radius 3 is 1.91 bits per heavy atom. The number of esters is 2. The minimum atomic E-state index is -0.709. The van der Waals surface area contributed by atoms with Gasteiger partial charge in [-0.3, -0.25) is 0 Å². The van der Waals surface area contributed by atoms with Gasteiger partial charge in [0, 0.05) is 11.4 Å². The van der Waals surface area contributed by atoms with Crippen molar-refractivity contribution in [3.63, 3.8) is 0 Å². The van der Waals surface area contributed by atoms with Crippen LogP contribution >= 0.6 is 0 Å². The largest absolute Gasteiger partial charge is 0.497 e. The summed E-state index contributed by atoms with van der Waals surface area (Å²) < 4.78 is 14.9. The number of hydrogen-bond acceptors (Lipinski definition) is 6. The number of allylic oxidation sites excluding steroid dienone is 1. The van der Waals surface area contributed by atoms with Gasteiger partial charge in [-0.05, 0) is 45.0 Å². The minimum absolute atomic E-state index is 0.139. The fourth-order valence-corrected chi connectivity index (χ4v) is 1.75. The summed E-state index contributed by atoms with van der Waals surface area (Å²) in [5, 5.41) is 2.99. The van der Waals surface area contributed by atoms with E-state index in [0.29, 0.717) is 17.1 Å². The molecule has 22 heavy (non-hydrogen) atoms. The van der Waals surface area contributed by atoms with Crippen molar-refractivity contribution in [2.24, 2.45) is 0 Å². The van der Waals surface area contributed by atoms with Crippen LogP contribution in [-0.2, 0) is 19.1 Å². The van der Waals surface area contributed by atoms with Gasteiger partial charge in [-0.2, -0.15) is 0 Å². The number of carbonyl (C=O) groups is 2. The summed E-state index contributed by atoms with van der Waals surface area (Å²) in [7, 11) is 1.58. The Bertz CT molecular complexity index is 528. The third-order valence-corrected chi connectivity index (χ3v) is 2.76. The van der Waals surface area contributed by atoms with Gasteiger partial charge in [0.25, 0.3) is 0 Å². The first-order valence-electron chi connectivity index (χ1n) is 6.99. The molecular weight excluding hydrogens is 286 g/mol. The van der Waals surface area contributed by atoms with Gasteiger partial charge < -0.3 is 19.5 Å². The van der Waals surface area contributed by atoms with Gasteiger partial charge in [-0.25, -0.2) is 9.59 Å². The van der Waals surface area contributed by atoms with Crippen molar-refractivity contribution in [1.82, 2.24) is 0 Å². The maximum absolute atomic E-state index is 12.0. The quantitative estimate of drug-likeness (QED) is 0.361. The summed E-state index contributed by atoms with van der Waals surface area (Å²) in [5.41, 5.74) is 0.936. The molecule has 0 spiro atoms. The Morgan fingerprint density at radius 1 is 1.00 bits per heavy atom. The molecule has 0 amide bonds. The SMILES string of the molecule is CCOC(=O)C(C(=O)OCC)=C(C)Nc1ccc(OC)cc1. The first-order valence-corrected chi connectivity index (χ1v) is 6.99. The second-order valence-electron chi connectivity index (χ2n) is 4.29. The zero-order valence-electron chi connectivity index (χ0n) is 13.3. The molecule has 0 radical (unpaired) electrons. The molecule has 0 saturated heterocycles. The van der Waals surface area contributed by atoms with E-state index < -0.39 is 11.9 Å². The molecule has 0 fully saturated rings. The summed E-state index contributed by atoms with van der Waals surface area (Å²) in [6.07, 6.45) is 0. The lowest BCUT2D eigenvalue weighted by Gasteiger charge is -2.13. The smallest absolute Gasteiger partial charge is 0.347 e. The van der Waals surface area contributed by atoms with E-state index in [-0.39, 0.29) is 18.8 Å². The van der Waals surface area contributed by atoms with Gasteiger partial charge >= 0.3 is 11.9 Å². The van der Waals surface area contributed by atoms with E-state index in [2.05, 4.69) is 5.32 Å². The van der Waals surface area contributed by atoms with Crippen LogP contribution in [0.5, 0.6) is 5.75 Å². The average Bonchev–Trinajstić information content (AvgIpc) is 2.48. The van der Waals surface area contributed by atoms with E-state index in [9.17, 15) is 9.59 Å². The van der Waals surface area contributed by atoms with Crippen molar-refractivity contribution in [1.29, 1.82) is 0 Å². The summed E-state index contributed by atoms with van der Waals surface area (Å²) in [4.78, 5) is 23.9. The summed E-state index contributed by atoms with van der Waals surface area (Å²) in [6, 6.07) is 7.08. The molecule has 1 aromatic carbocycles. The molecule has 0 aliphatic rings. The second kappa shape index (κ2) is 8.71. The molecule has 0 unspecified atom stereocenters. The first-order chi connectivity index (χ1) is 10.5. The van der Waals surface area contributed by atoms with Crippen molar-refractivity contribution >= 4 is 17.6 Å². The third kappa shape index (κ3) is 4.80. The van der Waals surface area contributed by atoms with Crippen LogP contribution in [0.2, 0.25) is 0 Å². The van der Waals surface area contributed by atoms with E-state index in [4.69, 9.17) is 14.2 Å². The van der Waals surface area contributed by atoms with Gasteiger partial charge in [-0.15, -0.1) is 0 Å². The predicted octanol–water partition coefficient (Wildman–Crippen LogP) is 2.51. The molecule has 120 valence electrons. The molecule has 0 saturated carbocycles. The van der Waals surface area contributed by atoms with E-state index in [1.165, 1.54) is 0 Å². The average molecular weight is 307 g/mol. The number of carbonyl (C=O) groups excluding carboxylic acids is 2. The number of rotatable bonds is 7. The molecule has 6 nitrogen and oxygen atoms in total. The normalized spacial score (nSPS) is 9.64. The molecule has 0 heterocycles. The lowest BCUT2D eigenvalue weighted by atomic mass is 10.2. The molecule has 0 aromatic heterocycles. The van der Waals surface area contributed by atoms with Gasteiger partial charge in [0.1, 0.15) is 5.75 Å². The zero-order chi connectivity index (χ0) is 16.5. The Hall–Kier alpha value is -2.50. The highest BCUT2D eigenvalue weighted by Crippen LogP contribution is 2.18. The Kier molecular flexibility index (Phi) is 6.95.